The predicted octanol–water partition coefficient (Wildman–Crippen LogP) is 5.39. The molecule has 2 aromatic heterocycles. The molecular formula is C19H20N2O2S2. The topological polar surface area (TPSA) is 44.2 Å². The number of hydrogen-bond acceptors (Lipinski definition) is 6. The molecule has 1 aromatic carbocycles. The minimum Gasteiger partial charge on any atom is -0.493 e. The first-order valence-electron chi connectivity index (χ1n) is 7.91. The summed E-state index contributed by atoms with van der Waals surface area (Å²) >= 11 is 3.38. The highest BCUT2D eigenvalue weighted by molar-refractivity contribution is 7.99. The van der Waals surface area contributed by atoms with Crippen LogP contribution in [0.2, 0.25) is 0 Å². The molecule has 0 unspecified atom stereocenters. The maximum absolute atomic E-state index is 5.38. The summed E-state index contributed by atoms with van der Waals surface area (Å²) in [6.45, 7) is 4.33. The van der Waals surface area contributed by atoms with Crippen molar-refractivity contribution in [1.29, 1.82) is 0 Å². The molecule has 0 bridgehead atoms. The summed E-state index contributed by atoms with van der Waals surface area (Å²) in [5.41, 5.74) is 3.02. The van der Waals surface area contributed by atoms with Crippen LogP contribution in [0, 0.1) is 0 Å². The fourth-order valence-electron chi connectivity index (χ4n) is 2.38. The molecule has 3 rings (SSSR count). The van der Waals surface area contributed by atoms with Crippen LogP contribution in [0.4, 0.5) is 0 Å². The molecule has 6 heteroatoms. The third-order valence-electron chi connectivity index (χ3n) is 3.52. The number of thioether (sulfide) groups is 1. The van der Waals surface area contributed by atoms with Crippen LogP contribution < -0.4 is 9.47 Å². The molecule has 25 heavy (non-hydrogen) atoms. The fourth-order valence-corrected chi connectivity index (χ4v) is 4.01. The molecule has 0 radical (unpaired) electrons. The zero-order valence-corrected chi connectivity index (χ0v) is 16.3. The third kappa shape index (κ3) is 4.14. The van der Waals surface area contributed by atoms with Crippen LogP contribution in [0.15, 0.2) is 46.9 Å². The van der Waals surface area contributed by atoms with Gasteiger partial charge < -0.3 is 9.47 Å². The van der Waals surface area contributed by atoms with Crippen LogP contribution >= 0.6 is 23.1 Å². The zero-order valence-electron chi connectivity index (χ0n) is 14.6. The molecule has 2 heterocycles. The number of rotatable bonds is 6. The Bertz CT molecular complexity index is 862. The number of aromatic nitrogens is 2. The van der Waals surface area contributed by atoms with Gasteiger partial charge in [-0.1, -0.05) is 13.8 Å². The van der Waals surface area contributed by atoms with Crippen molar-refractivity contribution in [3.8, 4) is 33.3 Å². The smallest absolute Gasteiger partial charge is 0.161 e. The minimum absolute atomic E-state index is 0.501. The summed E-state index contributed by atoms with van der Waals surface area (Å²) in [4.78, 5) is 9.21. The SMILES string of the molecule is COc1ccc(-c2csc(-c3ccnc(SC(C)C)c3)n2)cc1OC. The molecule has 0 spiro atoms. The molecule has 0 aliphatic heterocycles. The van der Waals surface area contributed by atoms with Gasteiger partial charge in [0.25, 0.3) is 0 Å². The first kappa shape index (κ1) is 17.8. The minimum atomic E-state index is 0.501. The quantitative estimate of drug-likeness (QED) is 0.543. The Balaban J connectivity index is 1.90. The highest BCUT2D eigenvalue weighted by Gasteiger charge is 2.11. The Morgan fingerprint density at radius 2 is 1.80 bits per heavy atom. The average Bonchev–Trinajstić information content (AvgIpc) is 3.11. The first-order chi connectivity index (χ1) is 12.1. The normalized spacial score (nSPS) is 10.9. The molecule has 0 fully saturated rings. The second-order valence-corrected chi connectivity index (χ2v) is 8.11. The van der Waals surface area contributed by atoms with E-state index in [2.05, 4.69) is 30.3 Å². The Kier molecular flexibility index (Phi) is 5.60. The van der Waals surface area contributed by atoms with E-state index < -0.39 is 0 Å². The second-order valence-electron chi connectivity index (χ2n) is 5.66. The zero-order chi connectivity index (χ0) is 17.8. The molecule has 0 saturated carbocycles. The van der Waals surface area contributed by atoms with E-state index in [1.165, 1.54) is 0 Å². The lowest BCUT2D eigenvalue weighted by Crippen LogP contribution is -1.91. The third-order valence-corrected chi connectivity index (χ3v) is 5.35. The van der Waals surface area contributed by atoms with Gasteiger partial charge in [0.1, 0.15) is 5.01 Å². The summed E-state index contributed by atoms with van der Waals surface area (Å²) in [6, 6.07) is 9.94. The predicted molar refractivity (Wildman–Crippen MR) is 105 cm³/mol. The lowest BCUT2D eigenvalue weighted by atomic mass is 10.1. The summed E-state index contributed by atoms with van der Waals surface area (Å²) < 4.78 is 10.7. The van der Waals surface area contributed by atoms with Gasteiger partial charge in [0.05, 0.1) is 24.9 Å². The van der Waals surface area contributed by atoms with E-state index in [1.54, 1.807) is 37.3 Å². The monoisotopic (exact) mass is 372 g/mol. The van der Waals surface area contributed by atoms with Crippen LogP contribution in [-0.4, -0.2) is 29.4 Å². The molecule has 0 N–H and O–H groups in total. The largest absolute Gasteiger partial charge is 0.493 e. The van der Waals surface area contributed by atoms with Crippen molar-refractivity contribution in [2.24, 2.45) is 0 Å². The van der Waals surface area contributed by atoms with E-state index in [4.69, 9.17) is 14.5 Å². The van der Waals surface area contributed by atoms with E-state index >= 15 is 0 Å². The second kappa shape index (κ2) is 7.89. The van der Waals surface area contributed by atoms with Gasteiger partial charge in [0, 0.05) is 28.0 Å². The van der Waals surface area contributed by atoms with Crippen molar-refractivity contribution in [2.45, 2.75) is 24.1 Å². The maximum Gasteiger partial charge on any atom is 0.161 e. The van der Waals surface area contributed by atoms with Gasteiger partial charge in [0.2, 0.25) is 0 Å². The van der Waals surface area contributed by atoms with Gasteiger partial charge >= 0.3 is 0 Å². The number of pyridine rings is 1. The number of methoxy groups -OCH3 is 2. The van der Waals surface area contributed by atoms with Crippen molar-refractivity contribution >= 4 is 23.1 Å². The van der Waals surface area contributed by atoms with Crippen molar-refractivity contribution < 1.29 is 9.47 Å². The summed E-state index contributed by atoms with van der Waals surface area (Å²) in [7, 11) is 3.27. The van der Waals surface area contributed by atoms with Gasteiger partial charge in [-0.15, -0.1) is 23.1 Å². The van der Waals surface area contributed by atoms with Crippen molar-refractivity contribution in [3.05, 3.63) is 41.9 Å². The Morgan fingerprint density at radius 1 is 1.00 bits per heavy atom. The standard InChI is InChI=1S/C19H20N2O2S2/c1-12(2)25-18-10-14(7-8-20-18)19-21-15(11-24-19)13-5-6-16(22-3)17(9-13)23-4/h5-12H,1-4H3. The van der Waals surface area contributed by atoms with Crippen molar-refractivity contribution in [2.75, 3.05) is 14.2 Å². The van der Waals surface area contributed by atoms with Gasteiger partial charge in [-0.3, -0.25) is 0 Å². The lowest BCUT2D eigenvalue weighted by Gasteiger charge is -2.08. The van der Waals surface area contributed by atoms with Crippen LogP contribution in [0.5, 0.6) is 11.5 Å². The van der Waals surface area contributed by atoms with Crippen LogP contribution in [0.1, 0.15) is 13.8 Å². The van der Waals surface area contributed by atoms with Gasteiger partial charge in [-0.25, -0.2) is 9.97 Å². The Hall–Kier alpha value is -2.05. The molecule has 0 atom stereocenters. The molecule has 130 valence electrons. The maximum atomic E-state index is 5.38. The highest BCUT2D eigenvalue weighted by Crippen LogP contribution is 2.35. The fraction of sp³-hybridized carbons (Fsp3) is 0.263. The van der Waals surface area contributed by atoms with Crippen LogP contribution in [0.25, 0.3) is 21.8 Å². The molecule has 0 aliphatic rings. The molecule has 4 nitrogen and oxygen atoms in total. The van der Waals surface area contributed by atoms with E-state index in [-0.39, 0.29) is 0 Å². The van der Waals surface area contributed by atoms with Gasteiger partial charge in [0.15, 0.2) is 11.5 Å². The summed E-state index contributed by atoms with van der Waals surface area (Å²) in [5.74, 6) is 1.42. The van der Waals surface area contributed by atoms with Gasteiger partial charge in [-0.05, 0) is 30.3 Å². The highest BCUT2D eigenvalue weighted by atomic mass is 32.2. The molecule has 3 aromatic rings. The Morgan fingerprint density at radius 3 is 2.52 bits per heavy atom. The average molecular weight is 373 g/mol. The molecule has 0 aliphatic carbocycles. The number of benzene rings is 1. The lowest BCUT2D eigenvalue weighted by molar-refractivity contribution is 0.355. The number of ether oxygens (including phenoxy) is 2. The first-order valence-corrected chi connectivity index (χ1v) is 9.67. The van der Waals surface area contributed by atoms with Crippen LogP contribution in [-0.2, 0) is 0 Å². The number of nitrogens with zero attached hydrogens (tertiary/aromatic N) is 2. The van der Waals surface area contributed by atoms with Crippen LogP contribution in [0.3, 0.4) is 0 Å². The summed E-state index contributed by atoms with van der Waals surface area (Å²) in [6.07, 6.45) is 1.84. The van der Waals surface area contributed by atoms with Crippen molar-refractivity contribution in [1.82, 2.24) is 9.97 Å². The molecular weight excluding hydrogens is 352 g/mol. The molecule has 0 saturated heterocycles. The van der Waals surface area contributed by atoms with Gasteiger partial charge in [-0.2, -0.15) is 0 Å². The Labute approximate surface area is 156 Å². The number of hydrogen-bond donors (Lipinski definition) is 0. The van der Waals surface area contributed by atoms with E-state index in [9.17, 15) is 0 Å². The number of thiazole rings is 1. The van der Waals surface area contributed by atoms with Crippen molar-refractivity contribution in [3.63, 3.8) is 0 Å². The summed E-state index contributed by atoms with van der Waals surface area (Å²) in [5, 5.41) is 4.57. The van der Waals surface area contributed by atoms with E-state index in [1.807, 2.05) is 30.5 Å². The van der Waals surface area contributed by atoms with E-state index in [0.29, 0.717) is 16.7 Å². The van der Waals surface area contributed by atoms with E-state index in [0.717, 1.165) is 26.9 Å². The molecule has 0 amide bonds.